The van der Waals surface area contributed by atoms with Crippen LogP contribution in [0.4, 0.5) is 0 Å². The Morgan fingerprint density at radius 1 is 1.29 bits per heavy atom. The maximum Gasteiger partial charge on any atom is 0.125 e. The Morgan fingerprint density at radius 2 is 2.14 bits per heavy atom. The van der Waals surface area contributed by atoms with E-state index in [0.29, 0.717) is 6.04 Å². The highest BCUT2D eigenvalue weighted by molar-refractivity contribution is 5.17. The summed E-state index contributed by atoms with van der Waals surface area (Å²) in [5, 5.41) is 4.45. The molecule has 3 rings (SSSR count). The number of rotatable bonds is 3. The van der Waals surface area contributed by atoms with Crippen LogP contribution in [0.3, 0.4) is 0 Å². The maximum absolute atomic E-state index is 4.64. The summed E-state index contributed by atoms with van der Waals surface area (Å²) in [6.07, 6.45) is 7.72. The van der Waals surface area contributed by atoms with E-state index < -0.39 is 0 Å². The first-order valence-electron chi connectivity index (χ1n) is 7.66. The molecule has 0 amide bonds. The summed E-state index contributed by atoms with van der Waals surface area (Å²) >= 11 is 0. The Kier molecular flexibility index (Phi) is 4.01. The van der Waals surface area contributed by atoms with E-state index in [1.165, 1.54) is 24.8 Å². The molecule has 3 heterocycles. The fourth-order valence-electron chi connectivity index (χ4n) is 3.20. The van der Waals surface area contributed by atoms with Gasteiger partial charge in [0.1, 0.15) is 5.82 Å². The molecule has 0 radical (unpaired) electrons. The number of aryl methyl sites for hydroxylation is 3. The van der Waals surface area contributed by atoms with E-state index in [-0.39, 0.29) is 0 Å². The molecule has 0 unspecified atom stereocenters. The molecule has 0 saturated carbocycles. The second-order valence-electron chi connectivity index (χ2n) is 5.92. The molecule has 1 saturated heterocycles. The lowest BCUT2D eigenvalue weighted by molar-refractivity contribution is 0.136. The molecule has 5 nitrogen and oxygen atoms in total. The van der Waals surface area contributed by atoms with Crippen LogP contribution < -0.4 is 0 Å². The molecule has 0 spiro atoms. The van der Waals surface area contributed by atoms with Crippen molar-refractivity contribution in [2.75, 3.05) is 6.54 Å². The zero-order valence-corrected chi connectivity index (χ0v) is 13.1. The van der Waals surface area contributed by atoms with Crippen molar-refractivity contribution >= 4 is 0 Å². The smallest absolute Gasteiger partial charge is 0.125 e. The summed E-state index contributed by atoms with van der Waals surface area (Å²) in [6, 6.07) is 2.46. The number of aromatic nitrogens is 4. The van der Waals surface area contributed by atoms with Crippen LogP contribution in [0.2, 0.25) is 0 Å². The Hall–Kier alpha value is -1.75. The quantitative estimate of drug-likeness (QED) is 0.869. The monoisotopic (exact) mass is 285 g/mol. The maximum atomic E-state index is 4.64. The average molecular weight is 285 g/mol. The van der Waals surface area contributed by atoms with Gasteiger partial charge >= 0.3 is 0 Å². The number of likely N-dealkylation sites (tertiary alicyclic amines) is 1. The summed E-state index contributed by atoms with van der Waals surface area (Å²) < 4.78 is 1.90. The van der Waals surface area contributed by atoms with E-state index in [1.807, 2.05) is 24.9 Å². The molecule has 21 heavy (non-hydrogen) atoms. The third kappa shape index (κ3) is 3.13. The van der Waals surface area contributed by atoms with Gasteiger partial charge in [-0.25, -0.2) is 9.97 Å². The zero-order chi connectivity index (χ0) is 14.8. The van der Waals surface area contributed by atoms with Crippen molar-refractivity contribution < 1.29 is 0 Å². The molecule has 0 N–H and O–H groups in total. The van der Waals surface area contributed by atoms with Crippen molar-refractivity contribution in [3.05, 3.63) is 41.2 Å². The molecule has 1 atom stereocenters. The molecule has 5 heteroatoms. The summed E-state index contributed by atoms with van der Waals surface area (Å²) in [4.78, 5) is 11.4. The SMILES string of the molecule is Cc1nccc([C@H]2CCCCN2Cc2cn(C)nc2C)n1. The van der Waals surface area contributed by atoms with Crippen LogP contribution >= 0.6 is 0 Å². The predicted molar refractivity (Wildman–Crippen MR) is 81.7 cm³/mol. The predicted octanol–water partition coefficient (Wildman–Crippen LogP) is 2.55. The Labute approximate surface area is 126 Å². The van der Waals surface area contributed by atoms with Gasteiger partial charge in [-0.2, -0.15) is 5.10 Å². The molecular weight excluding hydrogens is 262 g/mol. The van der Waals surface area contributed by atoms with Gasteiger partial charge in [-0.1, -0.05) is 6.42 Å². The van der Waals surface area contributed by atoms with Crippen molar-refractivity contribution in [2.24, 2.45) is 7.05 Å². The van der Waals surface area contributed by atoms with Crippen LogP contribution in [0.1, 0.15) is 48.1 Å². The molecule has 0 aromatic carbocycles. The van der Waals surface area contributed by atoms with E-state index in [1.54, 1.807) is 0 Å². The molecule has 112 valence electrons. The topological polar surface area (TPSA) is 46.8 Å². The van der Waals surface area contributed by atoms with E-state index in [0.717, 1.165) is 30.3 Å². The van der Waals surface area contributed by atoms with Crippen molar-refractivity contribution in [1.29, 1.82) is 0 Å². The lowest BCUT2D eigenvalue weighted by atomic mass is 9.98. The third-order valence-electron chi connectivity index (χ3n) is 4.24. The van der Waals surface area contributed by atoms with Gasteiger partial charge in [-0.15, -0.1) is 0 Å². The second kappa shape index (κ2) is 5.93. The molecular formula is C16H23N5. The van der Waals surface area contributed by atoms with Gasteiger partial charge in [0.05, 0.1) is 17.4 Å². The van der Waals surface area contributed by atoms with E-state index in [9.17, 15) is 0 Å². The fourth-order valence-corrected chi connectivity index (χ4v) is 3.20. The van der Waals surface area contributed by atoms with Crippen molar-refractivity contribution in [3.63, 3.8) is 0 Å². The number of hydrogen-bond acceptors (Lipinski definition) is 4. The minimum atomic E-state index is 0.403. The molecule has 1 aliphatic heterocycles. The van der Waals surface area contributed by atoms with Crippen LogP contribution in [-0.4, -0.2) is 31.2 Å². The van der Waals surface area contributed by atoms with Crippen LogP contribution in [-0.2, 0) is 13.6 Å². The number of hydrogen-bond donors (Lipinski definition) is 0. The van der Waals surface area contributed by atoms with Crippen LogP contribution in [0.5, 0.6) is 0 Å². The fraction of sp³-hybridized carbons (Fsp3) is 0.562. The first kappa shape index (κ1) is 14.2. The minimum Gasteiger partial charge on any atom is -0.290 e. The summed E-state index contributed by atoms with van der Waals surface area (Å²) in [7, 11) is 1.98. The lowest BCUT2D eigenvalue weighted by Crippen LogP contribution is -2.33. The molecule has 0 bridgehead atoms. The highest BCUT2D eigenvalue weighted by Gasteiger charge is 2.26. The highest BCUT2D eigenvalue weighted by atomic mass is 15.3. The largest absolute Gasteiger partial charge is 0.290 e. The van der Waals surface area contributed by atoms with Gasteiger partial charge in [0.2, 0.25) is 0 Å². The summed E-state index contributed by atoms with van der Waals surface area (Å²) in [5.41, 5.74) is 3.60. The Bertz CT molecular complexity index is 619. The van der Waals surface area contributed by atoms with Crippen LogP contribution in [0, 0.1) is 13.8 Å². The van der Waals surface area contributed by atoms with Crippen molar-refractivity contribution in [3.8, 4) is 0 Å². The van der Waals surface area contributed by atoms with E-state index >= 15 is 0 Å². The Morgan fingerprint density at radius 3 is 2.86 bits per heavy atom. The summed E-state index contributed by atoms with van der Waals surface area (Å²) in [6.45, 7) is 6.13. The second-order valence-corrected chi connectivity index (χ2v) is 5.92. The van der Waals surface area contributed by atoms with Crippen molar-refractivity contribution in [2.45, 2.75) is 45.7 Å². The third-order valence-corrected chi connectivity index (χ3v) is 4.24. The molecule has 1 fully saturated rings. The lowest BCUT2D eigenvalue weighted by Gasteiger charge is -2.35. The molecule has 2 aromatic rings. The van der Waals surface area contributed by atoms with Gasteiger partial charge in [-0.05, 0) is 39.3 Å². The standard InChI is InChI=1S/C16H23N5/c1-12-14(10-20(3)19-12)11-21-9-5-4-6-16(21)15-7-8-17-13(2)18-15/h7-8,10,16H,4-6,9,11H2,1-3H3/t16-/m1/s1. The van der Waals surface area contributed by atoms with Gasteiger partial charge in [-0.3, -0.25) is 9.58 Å². The van der Waals surface area contributed by atoms with Gasteiger partial charge in [0.15, 0.2) is 0 Å². The average Bonchev–Trinajstić information content (AvgIpc) is 2.77. The van der Waals surface area contributed by atoms with E-state index in [4.69, 9.17) is 0 Å². The number of piperidine rings is 1. The van der Waals surface area contributed by atoms with E-state index in [2.05, 4.69) is 39.2 Å². The van der Waals surface area contributed by atoms with Crippen molar-refractivity contribution in [1.82, 2.24) is 24.6 Å². The highest BCUT2D eigenvalue weighted by Crippen LogP contribution is 2.31. The molecule has 0 aliphatic carbocycles. The van der Waals surface area contributed by atoms with Crippen LogP contribution in [0.15, 0.2) is 18.5 Å². The first-order valence-corrected chi connectivity index (χ1v) is 7.66. The van der Waals surface area contributed by atoms with Gasteiger partial charge in [0, 0.05) is 31.5 Å². The Balaban J connectivity index is 1.83. The minimum absolute atomic E-state index is 0.403. The summed E-state index contributed by atoms with van der Waals surface area (Å²) in [5.74, 6) is 0.857. The van der Waals surface area contributed by atoms with Gasteiger partial charge < -0.3 is 0 Å². The molecule has 2 aromatic heterocycles. The number of nitrogens with zero attached hydrogens (tertiary/aromatic N) is 5. The normalized spacial score (nSPS) is 19.9. The zero-order valence-electron chi connectivity index (χ0n) is 13.1. The first-order chi connectivity index (χ1) is 10.1. The molecule has 1 aliphatic rings. The van der Waals surface area contributed by atoms with Gasteiger partial charge in [0.25, 0.3) is 0 Å². The van der Waals surface area contributed by atoms with Crippen LogP contribution in [0.25, 0.3) is 0 Å².